The van der Waals surface area contributed by atoms with E-state index in [2.05, 4.69) is 19.6 Å². The van der Waals surface area contributed by atoms with E-state index in [-0.39, 0.29) is 0 Å². The van der Waals surface area contributed by atoms with Crippen LogP contribution < -0.4 is 0 Å². The van der Waals surface area contributed by atoms with Gasteiger partial charge in [0.2, 0.25) is 0 Å². The fourth-order valence-corrected chi connectivity index (χ4v) is 1.65. The van der Waals surface area contributed by atoms with Crippen LogP contribution in [0, 0.1) is 5.41 Å². The van der Waals surface area contributed by atoms with Crippen molar-refractivity contribution >= 4 is 17.4 Å². The molecule has 1 rings (SSSR count). The first-order valence-corrected chi connectivity index (χ1v) is 5.60. The zero-order valence-electron chi connectivity index (χ0n) is 10.3. The first kappa shape index (κ1) is 12.4. The first-order valence-electron chi connectivity index (χ1n) is 5.60. The maximum Gasteiger partial charge on any atom is 0.0361 e. The molecular weight excluding hydrogens is 194 g/mol. The molecule has 1 heteroatoms. The van der Waals surface area contributed by atoms with E-state index in [1.807, 2.05) is 38.1 Å². The van der Waals surface area contributed by atoms with E-state index >= 15 is 0 Å². The second kappa shape index (κ2) is 5.45. The first-order chi connectivity index (χ1) is 7.60. The van der Waals surface area contributed by atoms with Crippen LogP contribution in [0.15, 0.2) is 30.9 Å². The van der Waals surface area contributed by atoms with Crippen LogP contribution in [0.25, 0.3) is 11.6 Å². The minimum absolute atomic E-state index is 0.599. The molecule has 0 radical (unpaired) electrons. The van der Waals surface area contributed by atoms with Gasteiger partial charge in [-0.05, 0) is 43.0 Å². The molecule has 0 atom stereocenters. The second-order valence-electron chi connectivity index (χ2n) is 3.88. The van der Waals surface area contributed by atoms with Crippen LogP contribution in [0.5, 0.6) is 0 Å². The summed E-state index contributed by atoms with van der Waals surface area (Å²) in [6.07, 6.45) is 5.00. The summed E-state index contributed by atoms with van der Waals surface area (Å²) >= 11 is 0. The highest BCUT2D eigenvalue weighted by atomic mass is 14.4. The molecule has 0 saturated heterocycles. The van der Waals surface area contributed by atoms with E-state index in [0.29, 0.717) is 5.71 Å². The average molecular weight is 213 g/mol. The topological polar surface area (TPSA) is 23.9 Å². The number of rotatable bonds is 4. The van der Waals surface area contributed by atoms with Crippen LogP contribution in [0.3, 0.4) is 0 Å². The van der Waals surface area contributed by atoms with Crippen molar-refractivity contribution in [2.75, 3.05) is 0 Å². The highest BCUT2D eigenvalue weighted by Gasteiger charge is 2.04. The molecule has 0 aliphatic carbocycles. The summed E-state index contributed by atoms with van der Waals surface area (Å²) < 4.78 is 0. The van der Waals surface area contributed by atoms with E-state index in [0.717, 1.165) is 23.1 Å². The Kier molecular flexibility index (Phi) is 4.24. The van der Waals surface area contributed by atoms with Crippen LogP contribution in [-0.4, -0.2) is 5.71 Å². The summed E-state index contributed by atoms with van der Waals surface area (Å²) in [7, 11) is 0. The fraction of sp³-hybridized carbons (Fsp3) is 0.267. The Morgan fingerprint density at radius 3 is 2.62 bits per heavy atom. The summed E-state index contributed by atoms with van der Waals surface area (Å²) in [5, 5.41) is 7.72. The molecular formula is C15H19N. The van der Waals surface area contributed by atoms with Crippen LogP contribution in [0.1, 0.15) is 43.9 Å². The van der Waals surface area contributed by atoms with Gasteiger partial charge in [-0.3, -0.25) is 0 Å². The van der Waals surface area contributed by atoms with Gasteiger partial charge in [0, 0.05) is 11.3 Å². The Labute approximate surface area is 98.0 Å². The summed E-state index contributed by atoms with van der Waals surface area (Å²) in [4.78, 5) is 0. The summed E-state index contributed by atoms with van der Waals surface area (Å²) in [6.45, 7) is 9.95. The molecule has 0 aliphatic heterocycles. The van der Waals surface area contributed by atoms with E-state index in [1.165, 1.54) is 5.56 Å². The van der Waals surface area contributed by atoms with Gasteiger partial charge in [0.15, 0.2) is 0 Å². The highest BCUT2D eigenvalue weighted by Crippen LogP contribution is 2.21. The maximum atomic E-state index is 7.72. The van der Waals surface area contributed by atoms with Gasteiger partial charge in [0.1, 0.15) is 0 Å². The van der Waals surface area contributed by atoms with Gasteiger partial charge in [-0.2, -0.15) is 0 Å². The standard InChI is InChI=1S/C15H19N/c1-5-7-14-10-13(11(3)6-2)8-9-15(14)12(4)16/h5,7-10,16H,3,6H2,1-2,4H3/b7-5+,16-12?. The maximum absolute atomic E-state index is 7.72. The third-order valence-corrected chi connectivity index (χ3v) is 2.64. The van der Waals surface area contributed by atoms with Crippen molar-refractivity contribution in [3.8, 4) is 0 Å². The highest BCUT2D eigenvalue weighted by molar-refractivity contribution is 6.00. The molecule has 0 spiro atoms. The molecule has 0 saturated carbocycles. The van der Waals surface area contributed by atoms with Crippen LogP contribution >= 0.6 is 0 Å². The molecule has 0 heterocycles. The average Bonchev–Trinajstić information content (AvgIpc) is 2.28. The zero-order valence-corrected chi connectivity index (χ0v) is 10.3. The number of nitrogens with one attached hydrogen (secondary N) is 1. The van der Waals surface area contributed by atoms with Crippen molar-refractivity contribution in [1.82, 2.24) is 0 Å². The lowest BCUT2D eigenvalue weighted by Gasteiger charge is -2.09. The molecule has 0 bridgehead atoms. The predicted octanol–water partition coefficient (Wildman–Crippen LogP) is 4.53. The fourth-order valence-electron chi connectivity index (χ4n) is 1.65. The third kappa shape index (κ3) is 2.69. The minimum atomic E-state index is 0.599. The van der Waals surface area contributed by atoms with Crippen molar-refractivity contribution in [3.05, 3.63) is 47.5 Å². The van der Waals surface area contributed by atoms with Gasteiger partial charge >= 0.3 is 0 Å². The number of allylic oxidation sites excluding steroid dienone is 2. The molecule has 16 heavy (non-hydrogen) atoms. The Balaban J connectivity index is 3.27. The lowest BCUT2D eigenvalue weighted by molar-refractivity contribution is 1.24. The summed E-state index contributed by atoms with van der Waals surface area (Å²) in [5.74, 6) is 0. The normalized spacial score (nSPS) is 10.7. The zero-order chi connectivity index (χ0) is 12.1. The monoisotopic (exact) mass is 213 g/mol. The summed E-state index contributed by atoms with van der Waals surface area (Å²) in [5.41, 5.74) is 5.00. The lowest BCUT2D eigenvalue weighted by atomic mass is 9.96. The molecule has 1 N–H and O–H groups in total. The Bertz CT molecular complexity index is 439. The van der Waals surface area contributed by atoms with Crippen molar-refractivity contribution < 1.29 is 0 Å². The molecule has 1 aromatic carbocycles. The lowest BCUT2D eigenvalue weighted by Crippen LogP contribution is -1.97. The Morgan fingerprint density at radius 2 is 2.12 bits per heavy atom. The summed E-state index contributed by atoms with van der Waals surface area (Å²) in [6, 6.07) is 6.17. The predicted molar refractivity (Wildman–Crippen MR) is 73.0 cm³/mol. The number of hydrogen-bond donors (Lipinski definition) is 1. The van der Waals surface area contributed by atoms with E-state index in [1.54, 1.807) is 0 Å². The van der Waals surface area contributed by atoms with Crippen molar-refractivity contribution in [2.45, 2.75) is 27.2 Å². The van der Waals surface area contributed by atoms with Crippen LogP contribution in [-0.2, 0) is 0 Å². The number of hydrogen-bond acceptors (Lipinski definition) is 1. The van der Waals surface area contributed by atoms with Gasteiger partial charge in [-0.15, -0.1) is 0 Å². The van der Waals surface area contributed by atoms with E-state index in [4.69, 9.17) is 5.41 Å². The van der Waals surface area contributed by atoms with Gasteiger partial charge in [-0.1, -0.05) is 37.8 Å². The SMILES string of the molecule is C=C(CC)c1ccc(C(C)=N)c(/C=C/C)c1. The quantitative estimate of drug-likeness (QED) is 0.710. The Hall–Kier alpha value is -1.63. The molecule has 0 amide bonds. The molecule has 0 aromatic heterocycles. The van der Waals surface area contributed by atoms with E-state index in [9.17, 15) is 0 Å². The molecule has 1 nitrogen and oxygen atoms in total. The number of benzene rings is 1. The molecule has 1 aromatic rings. The third-order valence-electron chi connectivity index (χ3n) is 2.64. The van der Waals surface area contributed by atoms with Gasteiger partial charge in [0.05, 0.1) is 0 Å². The van der Waals surface area contributed by atoms with Gasteiger partial charge in [0.25, 0.3) is 0 Å². The van der Waals surface area contributed by atoms with Crippen LogP contribution in [0.2, 0.25) is 0 Å². The van der Waals surface area contributed by atoms with Crippen molar-refractivity contribution in [1.29, 1.82) is 5.41 Å². The van der Waals surface area contributed by atoms with Crippen LogP contribution in [0.4, 0.5) is 0 Å². The van der Waals surface area contributed by atoms with Gasteiger partial charge < -0.3 is 5.41 Å². The minimum Gasteiger partial charge on any atom is -0.305 e. The van der Waals surface area contributed by atoms with E-state index < -0.39 is 0 Å². The molecule has 0 aliphatic rings. The molecule has 0 fully saturated rings. The largest absolute Gasteiger partial charge is 0.305 e. The van der Waals surface area contributed by atoms with Crippen molar-refractivity contribution in [2.24, 2.45) is 0 Å². The second-order valence-corrected chi connectivity index (χ2v) is 3.88. The smallest absolute Gasteiger partial charge is 0.0361 e. The molecule has 84 valence electrons. The van der Waals surface area contributed by atoms with Crippen molar-refractivity contribution in [3.63, 3.8) is 0 Å². The van der Waals surface area contributed by atoms with Gasteiger partial charge in [-0.25, -0.2) is 0 Å². The molecule has 0 unspecified atom stereocenters. The Morgan fingerprint density at radius 1 is 1.44 bits per heavy atom.